The van der Waals surface area contributed by atoms with Crippen molar-refractivity contribution in [3.05, 3.63) is 41.5 Å². The monoisotopic (exact) mass is 430 g/mol. The van der Waals surface area contributed by atoms with Gasteiger partial charge in [-0.1, -0.05) is 6.07 Å². The molecule has 2 aromatic carbocycles. The van der Waals surface area contributed by atoms with Crippen LogP contribution in [0.4, 0.5) is 0 Å². The number of carbonyl (C=O) groups excluding carboxylic acids is 1. The van der Waals surface area contributed by atoms with Gasteiger partial charge in [-0.3, -0.25) is 4.79 Å². The Balaban J connectivity index is 2.21. The Bertz CT molecular complexity index is 970. The number of allylic oxidation sites excluding steroid dienone is 1. The van der Waals surface area contributed by atoms with Gasteiger partial charge in [-0.15, -0.1) is 0 Å². The van der Waals surface area contributed by atoms with Gasteiger partial charge in [0.05, 0.1) is 34.5 Å². The molecule has 8 nitrogen and oxygen atoms in total. The van der Waals surface area contributed by atoms with Crippen molar-refractivity contribution in [2.45, 2.75) is 12.5 Å². The summed E-state index contributed by atoms with van der Waals surface area (Å²) in [4.78, 5) is 12.9. The molecule has 0 heterocycles. The molecule has 0 bridgehead atoms. The molecular formula is C23H26O8. The maximum absolute atomic E-state index is 12.9. The molecule has 31 heavy (non-hydrogen) atoms. The second kappa shape index (κ2) is 9.72. The van der Waals surface area contributed by atoms with E-state index in [1.54, 1.807) is 30.3 Å². The van der Waals surface area contributed by atoms with Gasteiger partial charge in [0.2, 0.25) is 5.75 Å². The van der Waals surface area contributed by atoms with E-state index in [-0.39, 0.29) is 19.0 Å². The number of ketones is 1. The third-order valence-electron chi connectivity index (χ3n) is 5.02. The predicted octanol–water partition coefficient (Wildman–Crippen LogP) is 2.95. The number of carbonyl (C=O) groups is 1. The van der Waals surface area contributed by atoms with Crippen LogP contribution in [-0.4, -0.2) is 59.3 Å². The van der Waals surface area contributed by atoms with E-state index in [9.17, 15) is 9.90 Å². The summed E-state index contributed by atoms with van der Waals surface area (Å²) in [6.07, 6.45) is -0.994. The smallest absolute Gasteiger partial charge is 0.203 e. The van der Waals surface area contributed by atoms with Gasteiger partial charge < -0.3 is 33.5 Å². The summed E-state index contributed by atoms with van der Waals surface area (Å²) in [5.74, 6) is 2.00. The van der Waals surface area contributed by atoms with E-state index < -0.39 is 6.10 Å². The van der Waals surface area contributed by atoms with E-state index in [0.717, 1.165) is 0 Å². The molecule has 0 saturated heterocycles. The third kappa shape index (κ3) is 4.30. The largest absolute Gasteiger partial charge is 0.493 e. The summed E-state index contributed by atoms with van der Waals surface area (Å²) in [6.45, 7) is 0.0279. The van der Waals surface area contributed by atoms with Crippen LogP contribution in [0, 0.1) is 0 Å². The van der Waals surface area contributed by atoms with Gasteiger partial charge in [0, 0.05) is 19.1 Å². The lowest BCUT2D eigenvalue weighted by Crippen LogP contribution is -2.06. The molecule has 0 amide bonds. The molecule has 0 radical (unpaired) electrons. The number of aliphatic hydroxyl groups excluding tert-OH is 1. The summed E-state index contributed by atoms with van der Waals surface area (Å²) in [5, 5.41) is 10.7. The summed E-state index contributed by atoms with van der Waals surface area (Å²) < 4.78 is 32.1. The first-order valence-corrected chi connectivity index (χ1v) is 9.54. The number of methoxy groups -OCH3 is 5. The summed E-state index contributed by atoms with van der Waals surface area (Å²) in [7, 11) is 7.56. The highest BCUT2D eigenvalue weighted by atomic mass is 16.7. The first-order valence-electron chi connectivity index (χ1n) is 9.54. The van der Waals surface area contributed by atoms with Crippen molar-refractivity contribution in [2.75, 3.05) is 42.3 Å². The normalized spacial score (nSPS) is 15.8. The fraction of sp³-hybridized carbons (Fsp3) is 0.348. The van der Waals surface area contributed by atoms with Gasteiger partial charge in [-0.2, -0.15) is 0 Å². The quantitative estimate of drug-likeness (QED) is 0.607. The Morgan fingerprint density at radius 3 is 2.00 bits per heavy atom. The minimum Gasteiger partial charge on any atom is -0.493 e. The molecule has 1 unspecified atom stereocenters. The number of aliphatic hydroxyl groups is 1. The van der Waals surface area contributed by atoms with E-state index in [2.05, 4.69) is 0 Å². The lowest BCUT2D eigenvalue weighted by Gasteiger charge is -2.17. The van der Waals surface area contributed by atoms with Gasteiger partial charge in [-0.05, 0) is 41.0 Å². The zero-order valence-electron chi connectivity index (χ0n) is 18.2. The lowest BCUT2D eigenvalue weighted by atomic mass is 9.95. The second-order valence-electron chi connectivity index (χ2n) is 6.76. The van der Waals surface area contributed by atoms with Crippen LogP contribution in [0.5, 0.6) is 28.7 Å². The van der Waals surface area contributed by atoms with Crippen LogP contribution < -0.4 is 23.7 Å². The number of benzene rings is 2. The molecule has 0 aromatic heterocycles. The maximum Gasteiger partial charge on any atom is 0.203 e. The highest BCUT2D eigenvalue weighted by Gasteiger charge is 2.34. The Kier molecular flexibility index (Phi) is 7.04. The predicted molar refractivity (Wildman–Crippen MR) is 114 cm³/mol. The summed E-state index contributed by atoms with van der Waals surface area (Å²) >= 11 is 0. The zero-order chi connectivity index (χ0) is 22.5. The number of Topliss-reactive ketones (excluding diaryl/α,β-unsaturated/α-hetero) is 1. The van der Waals surface area contributed by atoms with Crippen molar-refractivity contribution in [3.63, 3.8) is 0 Å². The Morgan fingerprint density at radius 2 is 1.45 bits per heavy atom. The van der Waals surface area contributed by atoms with Gasteiger partial charge in [0.15, 0.2) is 35.6 Å². The second-order valence-corrected chi connectivity index (χ2v) is 6.76. The molecule has 0 aliphatic heterocycles. The van der Waals surface area contributed by atoms with Crippen LogP contribution in [0.2, 0.25) is 0 Å². The van der Waals surface area contributed by atoms with E-state index in [0.29, 0.717) is 51.0 Å². The molecule has 3 rings (SSSR count). The molecule has 2 aromatic rings. The fourth-order valence-corrected chi connectivity index (χ4v) is 3.65. The number of hydrogen-bond donors (Lipinski definition) is 1. The topological polar surface area (TPSA) is 92.7 Å². The minimum atomic E-state index is -0.967. The Hall–Kier alpha value is -3.23. The summed E-state index contributed by atoms with van der Waals surface area (Å²) in [6, 6.07) is 8.59. The number of ether oxygens (including phenoxy) is 6. The van der Waals surface area contributed by atoms with E-state index in [1.807, 2.05) is 0 Å². The molecule has 0 fully saturated rings. The van der Waals surface area contributed by atoms with Crippen LogP contribution >= 0.6 is 0 Å². The standard InChI is InChI=1S/C23H26O8/c1-26-12-31-18-8-13(6-7-17(18)27-2)21-15(24)11-16(25)22(21)14-9-19(28-3)23(30-5)20(10-14)29-4/h6-10,15,24H,11-12H2,1-5H3. The van der Waals surface area contributed by atoms with Gasteiger partial charge in [0.25, 0.3) is 0 Å². The van der Waals surface area contributed by atoms with Crippen molar-refractivity contribution in [1.29, 1.82) is 0 Å². The van der Waals surface area contributed by atoms with E-state index >= 15 is 0 Å². The highest BCUT2D eigenvalue weighted by molar-refractivity contribution is 6.32. The minimum absolute atomic E-state index is 0.0262. The van der Waals surface area contributed by atoms with Gasteiger partial charge >= 0.3 is 0 Å². The van der Waals surface area contributed by atoms with Crippen molar-refractivity contribution < 1.29 is 38.3 Å². The van der Waals surface area contributed by atoms with E-state index in [4.69, 9.17) is 28.4 Å². The molecule has 1 aliphatic carbocycles. The molecule has 166 valence electrons. The molecule has 0 saturated carbocycles. The van der Waals surface area contributed by atoms with Crippen molar-refractivity contribution in [1.82, 2.24) is 0 Å². The van der Waals surface area contributed by atoms with Crippen LogP contribution in [0.25, 0.3) is 11.1 Å². The van der Waals surface area contributed by atoms with Gasteiger partial charge in [0.1, 0.15) is 0 Å². The van der Waals surface area contributed by atoms with Crippen molar-refractivity contribution in [2.24, 2.45) is 0 Å². The van der Waals surface area contributed by atoms with Gasteiger partial charge in [-0.25, -0.2) is 0 Å². The first kappa shape index (κ1) is 22.5. The lowest BCUT2D eigenvalue weighted by molar-refractivity contribution is -0.114. The number of hydrogen-bond acceptors (Lipinski definition) is 8. The Morgan fingerprint density at radius 1 is 0.839 bits per heavy atom. The van der Waals surface area contributed by atoms with Crippen molar-refractivity contribution in [3.8, 4) is 28.7 Å². The van der Waals surface area contributed by atoms with Crippen LogP contribution in [0.1, 0.15) is 17.5 Å². The molecule has 1 atom stereocenters. The van der Waals surface area contributed by atoms with Crippen LogP contribution in [0.3, 0.4) is 0 Å². The average Bonchev–Trinajstić information content (AvgIpc) is 3.09. The van der Waals surface area contributed by atoms with E-state index in [1.165, 1.54) is 35.5 Å². The Labute approximate surface area is 180 Å². The van der Waals surface area contributed by atoms with Crippen molar-refractivity contribution >= 4 is 16.9 Å². The molecular weight excluding hydrogens is 404 g/mol. The molecule has 0 spiro atoms. The number of rotatable bonds is 9. The molecule has 8 heteroatoms. The average molecular weight is 430 g/mol. The summed E-state index contributed by atoms with van der Waals surface area (Å²) in [5.41, 5.74) is 2.06. The van der Waals surface area contributed by atoms with Crippen LogP contribution in [0.15, 0.2) is 30.3 Å². The third-order valence-corrected chi connectivity index (χ3v) is 5.02. The fourth-order valence-electron chi connectivity index (χ4n) is 3.65. The van der Waals surface area contributed by atoms with Crippen LogP contribution in [-0.2, 0) is 9.53 Å². The molecule has 1 aliphatic rings. The molecule has 1 N–H and O–H groups in total. The first-order chi connectivity index (χ1) is 15.0. The zero-order valence-corrected chi connectivity index (χ0v) is 18.2. The SMILES string of the molecule is COCOc1cc(C2=C(c3cc(OC)c(OC)c(OC)c3)C(=O)CC2O)ccc1OC. The highest BCUT2D eigenvalue weighted by Crippen LogP contribution is 2.45. The maximum atomic E-state index is 12.9.